The SMILES string of the molecule is COC(=O)c1ccc(C(=O)OC)c(S(=O)(=O)N2CCNC(C)C2)c1. The number of hydrogen-bond acceptors (Lipinski definition) is 7. The minimum Gasteiger partial charge on any atom is -0.465 e. The van der Waals surface area contributed by atoms with E-state index >= 15 is 0 Å². The number of carbonyl (C=O) groups excluding carboxylic acids is 2. The molecule has 1 aliphatic heterocycles. The average Bonchev–Trinajstić information content (AvgIpc) is 2.59. The zero-order valence-electron chi connectivity index (χ0n) is 13.7. The van der Waals surface area contributed by atoms with E-state index in [-0.39, 0.29) is 35.2 Å². The van der Waals surface area contributed by atoms with Gasteiger partial charge in [-0.3, -0.25) is 0 Å². The number of hydrogen-bond donors (Lipinski definition) is 1. The second-order valence-electron chi connectivity index (χ2n) is 5.41. The van der Waals surface area contributed by atoms with Gasteiger partial charge in [0, 0.05) is 25.7 Å². The summed E-state index contributed by atoms with van der Waals surface area (Å²) < 4.78 is 36.5. The van der Waals surface area contributed by atoms with Gasteiger partial charge in [0.15, 0.2) is 0 Å². The summed E-state index contributed by atoms with van der Waals surface area (Å²) in [5.41, 5.74) is -0.0664. The molecule has 0 saturated carbocycles. The Kier molecular flexibility index (Phi) is 5.58. The van der Waals surface area contributed by atoms with Gasteiger partial charge < -0.3 is 14.8 Å². The van der Waals surface area contributed by atoms with Crippen LogP contribution >= 0.6 is 0 Å². The molecule has 2 rings (SSSR count). The van der Waals surface area contributed by atoms with Crippen molar-refractivity contribution in [3.63, 3.8) is 0 Å². The molecule has 0 amide bonds. The van der Waals surface area contributed by atoms with Gasteiger partial charge in [-0.2, -0.15) is 4.31 Å². The zero-order chi connectivity index (χ0) is 17.9. The first-order valence-electron chi connectivity index (χ1n) is 7.35. The molecule has 1 heterocycles. The largest absolute Gasteiger partial charge is 0.465 e. The van der Waals surface area contributed by atoms with Crippen LogP contribution in [-0.4, -0.2) is 64.6 Å². The van der Waals surface area contributed by atoms with E-state index < -0.39 is 22.0 Å². The van der Waals surface area contributed by atoms with Crippen LogP contribution < -0.4 is 5.32 Å². The number of esters is 2. The van der Waals surface area contributed by atoms with E-state index in [9.17, 15) is 18.0 Å². The first-order valence-corrected chi connectivity index (χ1v) is 8.79. The zero-order valence-corrected chi connectivity index (χ0v) is 14.6. The second-order valence-corrected chi connectivity index (χ2v) is 7.32. The van der Waals surface area contributed by atoms with E-state index in [0.717, 1.165) is 6.07 Å². The minimum absolute atomic E-state index is 0.0149. The molecule has 132 valence electrons. The van der Waals surface area contributed by atoms with Crippen LogP contribution in [0, 0.1) is 0 Å². The van der Waals surface area contributed by atoms with Crippen molar-refractivity contribution >= 4 is 22.0 Å². The standard InChI is InChI=1S/C15H20N2O6S/c1-10-9-17(7-6-16-10)24(20,21)13-8-11(14(18)22-2)4-5-12(13)15(19)23-3/h4-5,8,10,16H,6-7,9H2,1-3H3. The highest BCUT2D eigenvalue weighted by atomic mass is 32.2. The number of sulfonamides is 1. The summed E-state index contributed by atoms with van der Waals surface area (Å²) >= 11 is 0. The van der Waals surface area contributed by atoms with Crippen molar-refractivity contribution in [2.75, 3.05) is 33.9 Å². The number of carbonyl (C=O) groups is 2. The summed E-state index contributed by atoms with van der Waals surface area (Å²) in [4.78, 5) is 23.4. The first kappa shape index (κ1) is 18.4. The molecule has 8 nitrogen and oxygen atoms in total. The quantitative estimate of drug-likeness (QED) is 0.771. The number of piperazine rings is 1. The number of methoxy groups -OCH3 is 2. The lowest BCUT2D eigenvalue weighted by Gasteiger charge is -2.31. The maximum atomic E-state index is 13.0. The van der Waals surface area contributed by atoms with Crippen molar-refractivity contribution in [2.45, 2.75) is 17.9 Å². The molecule has 0 aliphatic carbocycles. The summed E-state index contributed by atoms with van der Waals surface area (Å²) in [6.07, 6.45) is 0. The van der Waals surface area contributed by atoms with Crippen LogP contribution in [0.2, 0.25) is 0 Å². The van der Waals surface area contributed by atoms with E-state index in [1.165, 1.54) is 30.7 Å². The summed E-state index contributed by atoms with van der Waals surface area (Å²) in [7, 11) is -1.60. The van der Waals surface area contributed by atoms with Gasteiger partial charge >= 0.3 is 11.9 Å². The van der Waals surface area contributed by atoms with Gasteiger partial charge in [-0.05, 0) is 25.1 Å². The number of nitrogens with zero attached hydrogens (tertiary/aromatic N) is 1. The van der Waals surface area contributed by atoms with Crippen molar-refractivity contribution in [1.29, 1.82) is 0 Å². The molecule has 1 aromatic rings. The molecule has 1 saturated heterocycles. The maximum Gasteiger partial charge on any atom is 0.339 e. The fourth-order valence-corrected chi connectivity index (χ4v) is 4.25. The summed E-state index contributed by atoms with van der Waals surface area (Å²) in [6, 6.07) is 3.73. The molecule has 1 aromatic carbocycles. The Morgan fingerprint density at radius 1 is 1.21 bits per heavy atom. The predicted octanol–water partition coefficient (Wildman–Crippen LogP) is 0.242. The molecule has 9 heteroatoms. The molecule has 1 atom stereocenters. The third-order valence-corrected chi connectivity index (χ3v) is 5.66. The molecule has 1 unspecified atom stereocenters. The lowest BCUT2D eigenvalue weighted by atomic mass is 10.1. The van der Waals surface area contributed by atoms with Crippen molar-refractivity contribution in [2.24, 2.45) is 0 Å². The normalized spacial score (nSPS) is 18.9. The van der Waals surface area contributed by atoms with Crippen molar-refractivity contribution in [3.05, 3.63) is 29.3 Å². The van der Waals surface area contributed by atoms with E-state index in [1.807, 2.05) is 6.92 Å². The number of rotatable bonds is 4. The van der Waals surface area contributed by atoms with Crippen LogP contribution in [0.3, 0.4) is 0 Å². The van der Waals surface area contributed by atoms with Gasteiger partial charge in [0.25, 0.3) is 0 Å². The lowest BCUT2D eigenvalue weighted by molar-refractivity contribution is 0.0583. The van der Waals surface area contributed by atoms with Gasteiger partial charge in [0.05, 0.1) is 30.2 Å². The van der Waals surface area contributed by atoms with Gasteiger partial charge in [-0.1, -0.05) is 0 Å². The second kappa shape index (κ2) is 7.29. The Morgan fingerprint density at radius 2 is 1.88 bits per heavy atom. The van der Waals surface area contributed by atoms with Crippen LogP contribution in [0.25, 0.3) is 0 Å². The van der Waals surface area contributed by atoms with Gasteiger partial charge in [0.2, 0.25) is 10.0 Å². The Morgan fingerprint density at radius 3 is 2.46 bits per heavy atom. The van der Waals surface area contributed by atoms with Crippen LogP contribution in [0.1, 0.15) is 27.6 Å². The van der Waals surface area contributed by atoms with Crippen LogP contribution in [0.5, 0.6) is 0 Å². The summed E-state index contributed by atoms with van der Waals surface area (Å²) in [5, 5.41) is 3.15. The molecule has 24 heavy (non-hydrogen) atoms. The maximum absolute atomic E-state index is 13.0. The molecule has 0 spiro atoms. The first-order chi connectivity index (χ1) is 11.3. The van der Waals surface area contributed by atoms with Crippen molar-refractivity contribution < 1.29 is 27.5 Å². The third-order valence-electron chi connectivity index (χ3n) is 3.76. The average molecular weight is 356 g/mol. The van der Waals surface area contributed by atoms with E-state index in [2.05, 4.69) is 14.8 Å². The molecular weight excluding hydrogens is 336 g/mol. The van der Waals surface area contributed by atoms with Crippen molar-refractivity contribution in [3.8, 4) is 0 Å². The van der Waals surface area contributed by atoms with E-state index in [0.29, 0.717) is 6.54 Å². The number of ether oxygens (including phenoxy) is 2. The molecular formula is C15H20N2O6S. The Balaban J connectivity index is 2.55. The van der Waals surface area contributed by atoms with Gasteiger partial charge in [-0.15, -0.1) is 0 Å². The monoisotopic (exact) mass is 356 g/mol. The summed E-state index contributed by atoms with van der Waals surface area (Å²) in [6.45, 7) is 2.92. The van der Waals surface area contributed by atoms with Crippen LogP contribution in [-0.2, 0) is 19.5 Å². The lowest BCUT2D eigenvalue weighted by Crippen LogP contribution is -2.51. The molecule has 0 radical (unpaired) electrons. The number of nitrogens with one attached hydrogen (secondary N) is 1. The van der Waals surface area contributed by atoms with Crippen molar-refractivity contribution in [1.82, 2.24) is 9.62 Å². The highest BCUT2D eigenvalue weighted by Gasteiger charge is 2.32. The Hall–Kier alpha value is -1.97. The van der Waals surface area contributed by atoms with Crippen LogP contribution in [0.4, 0.5) is 0 Å². The van der Waals surface area contributed by atoms with Gasteiger partial charge in [-0.25, -0.2) is 18.0 Å². The smallest absolute Gasteiger partial charge is 0.339 e. The summed E-state index contributed by atoms with van der Waals surface area (Å²) in [5.74, 6) is -1.47. The fourth-order valence-electron chi connectivity index (χ4n) is 2.51. The van der Waals surface area contributed by atoms with E-state index in [4.69, 9.17) is 0 Å². The predicted molar refractivity (Wildman–Crippen MR) is 85.3 cm³/mol. The topological polar surface area (TPSA) is 102 Å². The van der Waals surface area contributed by atoms with Crippen LogP contribution in [0.15, 0.2) is 23.1 Å². The van der Waals surface area contributed by atoms with Gasteiger partial charge in [0.1, 0.15) is 0 Å². The molecule has 1 fully saturated rings. The molecule has 0 aromatic heterocycles. The number of benzene rings is 1. The molecule has 1 N–H and O–H groups in total. The highest BCUT2D eigenvalue weighted by molar-refractivity contribution is 7.89. The van der Waals surface area contributed by atoms with E-state index in [1.54, 1.807) is 0 Å². The Labute approximate surface area is 140 Å². The molecule has 0 bridgehead atoms. The minimum atomic E-state index is -3.96. The Bertz CT molecular complexity index is 746. The highest BCUT2D eigenvalue weighted by Crippen LogP contribution is 2.24. The third kappa shape index (κ3) is 3.58. The fraction of sp³-hybridized carbons (Fsp3) is 0.467. The molecule has 1 aliphatic rings.